The van der Waals surface area contributed by atoms with Crippen LogP contribution in [0.1, 0.15) is 27.2 Å². The molecule has 0 rings (SSSR count). The molecule has 0 saturated heterocycles. The first kappa shape index (κ1) is 14.5. The van der Waals surface area contributed by atoms with Crippen molar-refractivity contribution in [2.24, 2.45) is 10.8 Å². The fourth-order valence-electron chi connectivity index (χ4n) is 1.61. The molecule has 0 fully saturated rings. The normalized spacial score (nSPS) is 11.5. The van der Waals surface area contributed by atoms with E-state index in [0.717, 1.165) is 0 Å². The van der Waals surface area contributed by atoms with E-state index in [4.69, 9.17) is 6.42 Å². The minimum atomic E-state index is -1.45. The van der Waals surface area contributed by atoms with Gasteiger partial charge >= 0.3 is 11.9 Å². The molecular formula is C12H18O4. The Bertz CT molecular complexity index is 301. The summed E-state index contributed by atoms with van der Waals surface area (Å²) in [6.45, 7) is 5.24. The van der Waals surface area contributed by atoms with Gasteiger partial charge in [0.25, 0.3) is 0 Å². The van der Waals surface area contributed by atoms with Crippen LogP contribution in [0.5, 0.6) is 0 Å². The van der Waals surface area contributed by atoms with Crippen molar-refractivity contribution >= 4 is 11.9 Å². The lowest BCUT2D eigenvalue weighted by Crippen LogP contribution is -2.50. The quantitative estimate of drug-likeness (QED) is 0.414. The van der Waals surface area contributed by atoms with Crippen molar-refractivity contribution < 1.29 is 19.1 Å². The zero-order chi connectivity index (χ0) is 13.0. The van der Waals surface area contributed by atoms with Crippen molar-refractivity contribution in [2.75, 3.05) is 14.2 Å². The summed E-state index contributed by atoms with van der Waals surface area (Å²) in [4.78, 5) is 23.7. The molecule has 90 valence electrons. The average Bonchev–Trinajstić information content (AvgIpc) is 2.21. The third-order valence-electron chi connectivity index (χ3n) is 2.72. The number of carbonyl (C=O) groups excluding carboxylic acids is 2. The summed E-state index contributed by atoms with van der Waals surface area (Å²) in [5.41, 5.74) is -2.13. The molecule has 0 heterocycles. The highest BCUT2D eigenvalue weighted by molar-refractivity contribution is 6.01. The van der Waals surface area contributed by atoms with Crippen molar-refractivity contribution in [1.82, 2.24) is 0 Å². The van der Waals surface area contributed by atoms with E-state index >= 15 is 0 Å². The summed E-state index contributed by atoms with van der Waals surface area (Å²) in [5, 5.41) is 0. The molecule has 4 heteroatoms. The monoisotopic (exact) mass is 226 g/mol. The van der Waals surface area contributed by atoms with E-state index in [2.05, 4.69) is 15.4 Å². The van der Waals surface area contributed by atoms with Crippen LogP contribution in [-0.2, 0) is 19.1 Å². The van der Waals surface area contributed by atoms with Gasteiger partial charge in [0.05, 0.1) is 14.2 Å². The van der Waals surface area contributed by atoms with E-state index in [1.165, 1.54) is 14.2 Å². The zero-order valence-electron chi connectivity index (χ0n) is 10.4. The molecule has 0 bridgehead atoms. The first-order valence-electron chi connectivity index (χ1n) is 4.88. The predicted molar refractivity (Wildman–Crippen MR) is 59.4 cm³/mol. The average molecular weight is 226 g/mol. The van der Waals surface area contributed by atoms with Gasteiger partial charge in [0, 0.05) is 6.42 Å². The summed E-state index contributed by atoms with van der Waals surface area (Å²) in [6.07, 6.45) is 5.18. The minimum absolute atomic E-state index is 0.0458. The Morgan fingerprint density at radius 1 is 1.12 bits per heavy atom. The highest BCUT2D eigenvalue weighted by atomic mass is 16.5. The van der Waals surface area contributed by atoms with E-state index in [-0.39, 0.29) is 6.42 Å². The van der Waals surface area contributed by atoms with Crippen LogP contribution >= 0.6 is 0 Å². The summed E-state index contributed by atoms with van der Waals surface area (Å²) in [6, 6.07) is 0. The van der Waals surface area contributed by atoms with Crippen molar-refractivity contribution in [3.05, 3.63) is 0 Å². The second kappa shape index (κ2) is 5.02. The van der Waals surface area contributed by atoms with Crippen LogP contribution in [0.3, 0.4) is 0 Å². The molecule has 16 heavy (non-hydrogen) atoms. The van der Waals surface area contributed by atoms with Gasteiger partial charge in [-0.1, -0.05) is 20.8 Å². The molecule has 4 nitrogen and oxygen atoms in total. The Balaban J connectivity index is 5.70. The molecule has 0 amide bonds. The van der Waals surface area contributed by atoms with Gasteiger partial charge in [0.2, 0.25) is 0 Å². The molecular weight excluding hydrogens is 208 g/mol. The smallest absolute Gasteiger partial charge is 0.324 e. The first-order chi connectivity index (χ1) is 7.27. The third kappa shape index (κ3) is 2.19. The van der Waals surface area contributed by atoms with Crippen molar-refractivity contribution in [2.45, 2.75) is 27.2 Å². The molecule has 0 atom stereocenters. The number of terminal acetylenes is 1. The second-order valence-corrected chi connectivity index (χ2v) is 4.52. The van der Waals surface area contributed by atoms with E-state index < -0.39 is 22.8 Å². The van der Waals surface area contributed by atoms with Crippen LogP contribution < -0.4 is 0 Å². The lowest BCUT2D eigenvalue weighted by molar-refractivity contribution is -0.177. The maximum Gasteiger partial charge on any atom is 0.324 e. The lowest BCUT2D eigenvalue weighted by atomic mass is 9.64. The minimum Gasteiger partial charge on any atom is -0.468 e. The molecule has 0 aromatic heterocycles. The Kier molecular flexibility index (Phi) is 4.55. The van der Waals surface area contributed by atoms with Gasteiger partial charge in [-0.15, -0.1) is 12.3 Å². The maximum atomic E-state index is 11.9. The number of carbonyl (C=O) groups is 2. The van der Waals surface area contributed by atoms with Crippen LogP contribution in [0.2, 0.25) is 0 Å². The standard InChI is InChI=1S/C12H18O4/c1-7-8-12(9(13)15-5,10(14)16-6)11(2,3)4/h1H,8H2,2-6H3. The van der Waals surface area contributed by atoms with Gasteiger partial charge in [-0.3, -0.25) is 9.59 Å². The van der Waals surface area contributed by atoms with E-state index in [9.17, 15) is 9.59 Å². The molecule has 0 aromatic rings. The van der Waals surface area contributed by atoms with Crippen molar-refractivity contribution in [1.29, 1.82) is 0 Å². The molecule has 0 radical (unpaired) electrons. The van der Waals surface area contributed by atoms with Gasteiger partial charge in [0.1, 0.15) is 0 Å². The van der Waals surface area contributed by atoms with Crippen LogP contribution in [-0.4, -0.2) is 26.2 Å². The SMILES string of the molecule is C#CCC(C(=O)OC)(C(=O)OC)C(C)(C)C. The molecule has 0 unspecified atom stereocenters. The lowest BCUT2D eigenvalue weighted by Gasteiger charge is -2.38. The van der Waals surface area contributed by atoms with Crippen LogP contribution in [0, 0.1) is 23.2 Å². The van der Waals surface area contributed by atoms with Gasteiger partial charge in [-0.05, 0) is 5.41 Å². The Morgan fingerprint density at radius 2 is 1.50 bits per heavy atom. The van der Waals surface area contributed by atoms with Crippen molar-refractivity contribution in [3.8, 4) is 12.3 Å². The number of ether oxygens (including phenoxy) is 2. The number of hydrogen-bond acceptors (Lipinski definition) is 4. The Morgan fingerprint density at radius 3 is 1.69 bits per heavy atom. The van der Waals surface area contributed by atoms with Crippen LogP contribution in [0.4, 0.5) is 0 Å². The number of hydrogen-bond donors (Lipinski definition) is 0. The first-order valence-corrected chi connectivity index (χ1v) is 4.88. The summed E-state index contributed by atoms with van der Waals surface area (Å²) < 4.78 is 9.36. The molecule has 0 aromatic carbocycles. The van der Waals surface area contributed by atoms with Gasteiger partial charge < -0.3 is 9.47 Å². The third-order valence-corrected chi connectivity index (χ3v) is 2.72. The van der Waals surface area contributed by atoms with Gasteiger partial charge in [-0.25, -0.2) is 0 Å². The Hall–Kier alpha value is -1.50. The molecule has 0 saturated carbocycles. The van der Waals surface area contributed by atoms with E-state index in [1.807, 2.05) is 0 Å². The highest BCUT2D eigenvalue weighted by Gasteiger charge is 2.56. The topological polar surface area (TPSA) is 52.6 Å². The summed E-state index contributed by atoms with van der Waals surface area (Å²) >= 11 is 0. The van der Waals surface area contributed by atoms with E-state index in [0.29, 0.717) is 0 Å². The summed E-state index contributed by atoms with van der Waals surface area (Å²) in [5.74, 6) is 1.02. The number of rotatable bonds is 3. The highest BCUT2D eigenvalue weighted by Crippen LogP contribution is 2.43. The molecule has 0 aliphatic heterocycles. The Labute approximate surface area is 96.3 Å². The number of methoxy groups -OCH3 is 2. The second-order valence-electron chi connectivity index (χ2n) is 4.52. The molecule has 0 N–H and O–H groups in total. The molecule has 0 spiro atoms. The fraction of sp³-hybridized carbons (Fsp3) is 0.667. The van der Waals surface area contributed by atoms with Crippen molar-refractivity contribution in [3.63, 3.8) is 0 Å². The molecule has 0 aliphatic rings. The fourth-order valence-corrected chi connectivity index (χ4v) is 1.61. The number of esters is 2. The largest absolute Gasteiger partial charge is 0.468 e. The molecule has 0 aliphatic carbocycles. The zero-order valence-corrected chi connectivity index (χ0v) is 10.4. The van der Waals surface area contributed by atoms with Crippen LogP contribution in [0.25, 0.3) is 0 Å². The summed E-state index contributed by atoms with van der Waals surface area (Å²) in [7, 11) is 2.45. The van der Waals surface area contributed by atoms with Gasteiger partial charge in [0.15, 0.2) is 5.41 Å². The predicted octanol–water partition coefficient (Wildman–Crippen LogP) is 1.39. The van der Waals surface area contributed by atoms with Crippen LogP contribution in [0.15, 0.2) is 0 Å². The van der Waals surface area contributed by atoms with Gasteiger partial charge in [-0.2, -0.15) is 0 Å². The maximum absolute atomic E-state index is 11.9. The van der Waals surface area contributed by atoms with E-state index in [1.54, 1.807) is 20.8 Å².